The van der Waals surface area contributed by atoms with Crippen molar-refractivity contribution >= 4 is 0 Å². The van der Waals surface area contributed by atoms with Crippen molar-refractivity contribution in [3.8, 4) is 0 Å². The number of hydrogen-bond donors (Lipinski definition) is 2. The third-order valence-corrected chi connectivity index (χ3v) is 3.77. The minimum Gasteiger partial charge on any atom is -0.378 e. The number of nitrogens with zero attached hydrogens (tertiary/aromatic N) is 3. The zero-order valence-electron chi connectivity index (χ0n) is 12.6. The quantitative estimate of drug-likeness (QED) is 0.693. The minimum absolute atomic E-state index is 0.0955. The molecule has 0 radical (unpaired) electrons. The molecule has 1 aromatic carbocycles. The number of aromatic nitrogens is 4. The summed E-state index contributed by atoms with van der Waals surface area (Å²) in [5.41, 5.74) is -4.61. The first-order valence-corrected chi connectivity index (χ1v) is 7.16. The lowest BCUT2D eigenvalue weighted by Crippen LogP contribution is -2.46. The van der Waals surface area contributed by atoms with Gasteiger partial charge in [-0.2, -0.15) is 13.9 Å². The second kappa shape index (κ2) is 6.25. The van der Waals surface area contributed by atoms with Crippen molar-refractivity contribution in [3.05, 3.63) is 77.6 Å². The van der Waals surface area contributed by atoms with Gasteiger partial charge in [-0.05, 0) is 18.2 Å². The van der Waals surface area contributed by atoms with Gasteiger partial charge in [0.05, 0.1) is 0 Å². The molecule has 3 rings (SSSR count). The molecule has 0 fully saturated rings. The van der Waals surface area contributed by atoms with E-state index in [0.717, 1.165) is 30.7 Å². The molecule has 0 aliphatic heterocycles. The van der Waals surface area contributed by atoms with Gasteiger partial charge in [0.15, 0.2) is 5.60 Å². The van der Waals surface area contributed by atoms with Crippen LogP contribution in [-0.4, -0.2) is 25.3 Å². The molecule has 2 heterocycles. The van der Waals surface area contributed by atoms with Gasteiger partial charge in [0.1, 0.15) is 29.5 Å². The number of halogens is 4. The van der Waals surface area contributed by atoms with Crippen LogP contribution in [0.25, 0.3) is 0 Å². The number of nitrogens with one attached hydrogen (secondary N) is 1. The Balaban J connectivity index is 2.18. The Morgan fingerprint density at radius 2 is 1.88 bits per heavy atom. The van der Waals surface area contributed by atoms with E-state index in [1.54, 1.807) is 0 Å². The molecule has 5 nitrogen and oxygen atoms in total. The standard InChI is InChI=1S/C16H12F4N4O/c17-10-4-5-11(12(18)7-10)15(25,8-14-22-9-23-24-14)16(19,20)13-3-1-2-6-21-13/h1-7,9,25H,8H2,(H,22,23,24). The topological polar surface area (TPSA) is 74.7 Å². The SMILES string of the molecule is OC(Cc1ncn[nH]1)(c1ccc(F)cc1F)C(F)(F)c1ccccn1. The first kappa shape index (κ1) is 17.0. The average molecular weight is 352 g/mol. The molecule has 25 heavy (non-hydrogen) atoms. The monoisotopic (exact) mass is 352 g/mol. The number of H-pyrrole nitrogens is 1. The molecule has 130 valence electrons. The van der Waals surface area contributed by atoms with Crippen molar-refractivity contribution in [1.82, 2.24) is 20.2 Å². The van der Waals surface area contributed by atoms with Crippen LogP contribution in [0.15, 0.2) is 48.9 Å². The Labute approximate surface area is 139 Å². The van der Waals surface area contributed by atoms with Crippen LogP contribution in [-0.2, 0) is 17.9 Å². The van der Waals surface area contributed by atoms with E-state index in [2.05, 4.69) is 20.2 Å². The van der Waals surface area contributed by atoms with Gasteiger partial charge < -0.3 is 5.11 Å². The van der Waals surface area contributed by atoms with Crippen molar-refractivity contribution < 1.29 is 22.7 Å². The smallest absolute Gasteiger partial charge is 0.322 e. The third kappa shape index (κ3) is 2.98. The fraction of sp³-hybridized carbons (Fsp3) is 0.188. The van der Waals surface area contributed by atoms with Gasteiger partial charge in [-0.15, -0.1) is 0 Å². The molecule has 2 N–H and O–H groups in total. The third-order valence-electron chi connectivity index (χ3n) is 3.77. The van der Waals surface area contributed by atoms with Crippen LogP contribution < -0.4 is 0 Å². The van der Waals surface area contributed by atoms with Crippen molar-refractivity contribution in [2.45, 2.75) is 17.9 Å². The normalized spacial score (nSPS) is 14.3. The summed E-state index contributed by atoms with van der Waals surface area (Å²) in [5, 5.41) is 16.7. The summed E-state index contributed by atoms with van der Waals surface area (Å²) in [6, 6.07) is 5.73. The maximum Gasteiger partial charge on any atom is 0.322 e. The van der Waals surface area contributed by atoms with Gasteiger partial charge in [0, 0.05) is 24.2 Å². The highest BCUT2D eigenvalue weighted by Crippen LogP contribution is 2.47. The van der Waals surface area contributed by atoms with Crippen LogP contribution in [0.4, 0.5) is 17.6 Å². The van der Waals surface area contributed by atoms with Crippen molar-refractivity contribution in [2.75, 3.05) is 0 Å². The second-order valence-electron chi connectivity index (χ2n) is 5.38. The van der Waals surface area contributed by atoms with Crippen LogP contribution >= 0.6 is 0 Å². The molecule has 0 aliphatic carbocycles. The molecule has 9 heteroatoms. The van der Waals surface area contributed by atoms with E-state index >= 15 is 8.78 Å². The Kier molecular flexibility index (Phi) is 4.25. The van der Waals surface area contributed by atoms with Crippen molar-refractivity contribution in [1.29, 1.82) is 0 Å². The number of pyridine rings is 1. The second-order valence-corrected chi connectivity index (χ2v) is 5.38. The van der Waals surface area contributed by atoms with Gasteiger partial charge in [-0.1, -0.05) is 12.1 Å². The molecule has 1 atom stereocenters. The zero-order valence-corrected chi connectivity index (χ0v) is 12.6. The van der Waals surface area contributed by atoms with Crippen molar-refractivity contribution in [3.63, 3.8) is 0 Å². The van der Waals surface area contributed by atoms with E-state index in [1.807, 2.05) is 0 Å². The first-order valence-electron chi connectivity index (χ1n) is 7.16. The summed E-state index contributed by atoms with van der Waals surface area (Å²) in [7, 11) is 0. The first-order chi connectivity index (χ1) is 11.8. The highest BCUT2D eigenvalue weighted by Gasteiger charge is 2.57. The summed E-state index contributed by atoms with van der Waals surface area (Å²) < 4.78 is 57.7. The molecule has 0 spiro atoms. The zero-order chi connectivity index (χ0) is 18.1. The number of rotatable bonds is 5. The number of aromatic amines is 1. The highest BCUT2D eigenvalue weighted by molar-refractivity contribution is 5.32. The predicted molar refractivity (Wildman–Crippen MR) is 78.5 cm³/mol. The van der Waals surface area contributed by atoms with Crippen LogP contribution in [0.1, 0.15) is 17.1 Å². The Hall–Kier alpha value is -2.81. The largest absolute Gasteiger partial charge is 0.378 e. The lowest BCUT2D eigenvalue weighted by atomic mass is 9.82. The molecule has 1 unspecified atom stereocenters. The summed E-state index contributed by atoms with van der Waals surface area (Å²) in [6.07, 6.45) is 1.40. The van der Waals surface area contributed by atoms with Gasteiger partial charge in [-0.25, -0.2) is 13.8 Å². The summed E-state index contributed by atoms with van der Waals surface area (Å²) >= 11 is 0. The summed E-state index contributed by atoms with van der Waals surface area (Å²) in [6.45, 7) is 0. The van der Waals surface area contributed by atoms with Crippen LogP contribution in [0.5, 0.6) is 0 Å². The maximum atomic E-state index is 15.1. The predicted octanol–water partition coefficient (Wildman–Crippen LogP) is 2.70. The van der Waals surface area contributed by atoms with Gasteiger partial charge in [0.25, 0.3) is 0 Å². The molecule has 0 saturated heterocycles. The Bertz CT molecular complexity index is 858. The molecule has 0 saturated carbocycles. The van der Waals surface area contributed by atoms with Crippen LogP contribution in [0, 0.1) is 11.6 Å². The van der Waals surface area contributed by atoms with Crippen LogP contribution in [0.2, 0.25) is 0 Å². The number of aliphatic hydroxyl groups is 1. The lowest BCUT2D eigenvalue weighted by Gasteiger charge is -2.35. The summed E-state index contributed by atoms with van der Waals surface area (Å²) in [4.78, 5) is 7.27. The van der Waals surface area contributed by atoms with Gasteiger partial charge in [0.2, 0.25) is 0 Å². The minimum atomic E-state index is -4.00. The van der Waals surface area contributed by atoms with Crippen molar-refractivity contribution in [2.24, 2.45) is 0 Å². The highest BCUT2D eigenvalue weighted by atomic mass is 19.3. The number of hydrogen-bond acceptors (Lipinski definition) is 4. The molecular weight excluding hydrogens is 340 g/mol. The molecule has 0 amide bonds. The number of benzene rings is 1. The van der Waals surface area contributed by atoms with E-state index in [0.29, 0.717) is 6.07 Å². The Morgan fingerprint density at radius 1 is 1.08 bits per heavy atom. The van der Waals surface area contributed by atoms with E-state index in [-0.39, 0.29) is 5.82 Å². The summed E-state index contributed by atoms with van der Waals surface area (Å²) in [5.74, 6) is -6.36. The maximum absolute atomic E-state index is 15.1. The van der Waals surface area contributed by atoms with Gasteiger partial charge in [-0.3, -0.25) is 10.1 Å². The van der Waals surface area contributed by atoms with Crippen LogP contribution in [0.3, 0.4) is 0 Å². The van der Waals surface area contributed by atoms with E-state index < -0.39 is 40.8 Å². The van der Waals surface area contributed by atoms with E-state index in [9.17, 15) is 13.9 Å². The molecule has 2 aromatic heterocycles. The molecule has 0 aliphatic rings. The fourth-order valence-electron chi connectivity index (χ4n) is 2.52. The molecule has 0 bridgehead atoms. The lowest BCUT2D eigenvalue weighted by molar-refractivity contribution is -0.199. The molecule has 3 aromatic rings. The van der Waals surface area contributed by atoms with Gasteiger partial charge >= 0.3 is 5.92 Å². The van der Waals surface area contributed by atoms with E-state index in [4.69, 9.17) is 0 Å². The molecular formula is C16H12F4N4O. The Morgan fingerprint density at radius 3 is 2.48 bits per heavy atom. The average Bonchev–Trinajstić information content (AvgIpc) is 3.08. The number of alkyl halides is 2. The van der Waals surface area contributed by atoms with E-state index in [1.165, 1.54) is 12.1 Å². The fourth-order valence-corrected chi connectivity index (χ4v) is 2.52.